The fraction of sp³-hybridized carbons (Fsp3) is 0.500. The molecule has 5 nitrogen and oxygen atoms in total. The number of hydrogen-bond acceptors (Lipinski definition) is 3. The Labute approximate surface area is 129 Å². The minimum absolute atomic E-state index is 0.121. The van der Waals surface area contributed by atoms with E-state index in [0.717, 1.165) is 0 Å². The molecule has 0 spiro atoms. The van der Waals surface area contributed by atoms with Crippen LogP contribution in [0, 0.1) is 18.7 Å². The van der Waals surface area contributed by atoms with E-state index < -0.39 is 5.92 Å². The largest absolute Gasteiger partial charge is 0.394 e. The quantitative estimate of drug-likeness (QED) is 0.863. The fourth-order valence-electron chi connectivity index (χ4n) is 2.53. The van der Waals surface area contributed by atoms with Crippen molar-refractivity contribution in [3.63, 3.8) is 0 Å². The number of halogens is 1. The van der Waals surface area contributed by atoms with Crippen molar-refractivity contribution < 1.29 is 19.1 Å². The highest BCUT2D eigenvalue weighted by Gasteiger charge is 2.35. The summed E-state index contributed by atoms with van der Waals surface area (Å²) in [5.41, 5.74) is 1.07. The lowest BCUT2D eigenvalue weighted by Gasteiger charge is -2.19. The molecule has 1 fully saturated rings. The van der Waals surface area contributed by atoms with Crippen LogP contribution in [0.5, 0.6) is 0 Å². The van der Waals surface area contributed by atoms with Crippen molar-refractivity contribution >= 4 is 17.5 Å². The summed E-state index contributed by atoms with van der Waals surface area (Å²) in [6, 6.07) is 4.19. The second-order valence-corrected chi connectivity index (χ2v) is 5.64. The maximum absolute atomic E-state index is 13.3. The van der Waals surface area contributed by atoms with Gasteiger partial charge in [0.05, 0.1) is 18.6 Å². The van der Waals surface area contributed by atoms with E-state index in [1.165, 1.54) is 11.0 Å². The van der Waals surface area contributed by atoms with Gasteiger partial charge >= 0.3 is 0 Å². The fourth-order valence-corrected chi connectivity index (χ4v) is 2.53. The van der Waals surface area contributed by atoms with Crippen molar-refractivity contribution in [1.29, 1.82) is 0 Å². The highest BCUT2D eigenvalue weighted by atomic mass is 19.1. The van der Waals surface area contributed by atoms with Gasteiger partial charge in [-0.05, 0) is 37.1 Å². The maximum Gasteiger partial charge on any atom is 0.227 e. The van der Waals surface area contributed by atoms with Crippen molar-refractivity contribution in [3.8, 4) is 0 Å². The van der Waals surface area contributed by atoms with Gasteiger partial charge in [0, 0.05) is 18.7 Å². The predicted molar refractivity (Wildman–Crippen MR) is 80.9 cm³/mol. The molecule has 6 heteroatoms. The number of amides is 2. The summed E-state index contributed by atoms with van der Waals surface area (Å²) in [5.74, 6) is -1.14. The molecule has 0 radical (unpaired) electrons. The molecule has 1 aromatic rings. The Bertz CT molecular complexity index is 573. The number of carbonyl (C=O) groups excluding carboxylic acids is 2. The minimum Gasteiger partial charge on any atom is -0.394 e. The van der Waals surface area contributed by atoms with Crippen LogP contribution in [0.4, 0.5) is 10.1 Å². The standard InChI is InChI=1S/C16H21FN2O3/c1-3-12(9-20)18-16(22)11-7-15(21)19(8-11)13-4-5-14(17)10(2)6-13/h4-6,11-12,20H,3,7-9H2,1-2H3,(H,18,22)/t11?,12-/m1/s1. The van der Waals surface area contributed by atoms with Crippen LogP contribution >= 0.6 is 0 Å². The van der Waals surface area contributed by atoms with Crippen LogP contribution in [-0.4, -0.2) is 36.1 Å². The second-order valence-electron chi connectivity index (χ2n) is 5.64. The van der Waals surface area contributed by atoms with E-state index in [1.807, 2.05) is 6.92 Å². The molecule has 2 atom stereocenters. The Kier molecular flexibility index (Phi) is 5.13. The summed E-state index contributed by atoms with van der Waals surface area (Å²) in [6.07, 6.45) is 0.758. The van der Waals surface area contributed by atoms with Crippen molar-refractivity contribution in [2.75, 3.05) is 18.1 Å². The van der Waals surface area contributed by atoms with Crippen LogP contribution in [0.1, 0.15) is 25.3 Å². The zero-order chi connectivity index (χ0) is 16.3. The van der Waals surface area contributed by atoms with Gasteiger partial charge in [-0.1, -0.05) is 6.92 Å². The number of rotatable bonds is 5. The lowest BCUT2D eigenvalue weighted by Crippen LogP contribution is -2.41. The maximum atomic E-state index is 13.3. The zero-order valence-corrected chi connectivity index (χ0v) is 12.8. The predicted octanol–water partition coefficient (Wildman–Crippen LogP) is 1.37. The van der Waals surface area contributed by atoms with Gasteiger partial charge in [-0.3, -0.25) is 9.59 Å². The summed E-state index contributed by atoms with van der Waals surface area (Å²) in [7, 11) is 0. The Balaban J connectivity index is 2.07. The molecule has 1 unspecified atom stereocenters. The zero-order valence-electron chi connectivity index (χ0n) is 12.8. The van der Waals surface area contributed by atoms with Crippen LogP contribution < -0.4 is 10.2 Å². The average Bonchev–Trinajstić information content (AvgIpc) is 2.89. The molecule has 2 rings (SSSR count). The molecule has 1 aromatic carbocycles. The van der Waals surface area contributed by atoms with Gasteiger partial charge in [0.2, 0.25) is 11.8 Å². The Hall–Kier alpha value is -1.95. The molecule has 0 saturated carbocycles. The van der Waals surface area contributed by atoms with Crippen LogP contribution in [0.2, 0.25) is 0 Å². The van der Waals surface area contributed by atoms with E-state index in [1.54, 1.807) is 19.1 Å². The number of carbonyl (C=O) groups is 2. The van der Waals surface area contributed by atoms with Gasteiger partial charge in [-0.25, -0.2) is 4.39 Å². The van der Waals surface area contributed by atoms with Crippen LogP contribution in [0.3, 0.4) is 0 Å². The third kappa shape index (κ3) is 3.44. The molecule has 1 saturated heterocycles. The molecule has 22 heavy (non-hydrogen) atoms. The SMILES string of the molecule is CC[C@H](CO)NC(=O)C1CC(=O)N(c2ccc(F)c(C)c2)C1. The Morgan fingerprint density at radius 3 is 2.86 bits per heavy atom. The topological polar surface area (TPSA) is 69.6 Å². The van der Waals surface area contributed by atoms with Gasteiger partial charge in [0.1, 0.15) is 5.82 Å². The van der Waals surface area contributed by atoms with E-state index in [4.69, 9.17) is 5.11 Å². The van der Waals surface area contributed by atoms with Crippen molar-refractivity contribution in [2.45, 2.75) is 32.7 Å². The second kappa shape index (κ2) is 6.87. The van der Waals surface area contributed by atoms with E-state index >= 15 is 0 Å². The van der Waals surface area contributed by atoms with E-state index in [2.05, 4.69) is 5.32 Å². The van der Waals surface area contributed by atoms with E-state index in [0.29, 0.717) is 17.7 Å². The molecule has 2 amide bonds. The third-order valence-electron chi connectivity index (χ3n) is 4.01. The molecular weight excluding hydrogens is 287 g/mol. The minimum atomic E-state index is -0.446. The van der Waals surface area contributed by atoms with Gasteiger partial charge in [-0.2, -0.15) is 0 Å². The van der Waals surface area contributed by atoms with Crippen molar-refractivity contribution in [1.82, 2.24) is 5.32 Å². The molecule has 120 valence electrons. The number of nitrogens with zero attached hydrogens (tertiary/aromatic N) is 1. The number of benzene rings is 1. The van der Waals surface area contributed by atoms with Gasteiger partial charge < -0.3 is 15.3 Å². The van der Waals surface area contributed by atoms with E-state index in [9.17, 15) is 14.0 Å². The molecule has 1 aliphatic rings. The highest BCUT2D eigenvalue weighted by Crippen LogP contribution is 2.26. The first-order valence-corrected chi connectivity index (χ1v) is 7.44. The molecule has 0 aromatic heterocycles. The van der Waals surface area contributed by atoms with Gasteiger partial charge in [-0.15, -0.1) is 0 Å². The third-order valence-corrected chi connectivity index (χ3v) is 4.01. The van der Waals surface area contributed by atoms with Crippen LogP contribution in [0.25, 0.3) is 0 Å². The first-order chi connectivity index (χ1) is 10.5. The van der Waals surface area contributed by atoms with E-state index in [-0.39, 0.29) is 43.2 Å². The molecule has 0 bridgehead atoms. The van der Waals surface area contributed by atoms with Gasteiger partial charge in [0.15, 0.2) is 0 Å². The summed E-state index contributed by atoms with van der Waals surface area (Å²) in [5, 5.41) is 11.9. The number of nitrogens with one attached hydrogen (secondary N) is 1. The van der Waals surface area contributed by atoms with Crippen LogP contribution in [-0.2, 0) is 9.59 Å². The molecule has 1 heterocycles. The number of aliphatic hydroxyl groups excluding tert-OH is 1. The number of hydrogen-bond donors (Lipinski definition) is 2. The summed E-state index contributed by atoms with van der Waals surface area (Å²) >= 11 is 0. The van der Waals surface area contributed by atoms with Crippen LogP contribution in [0.15, 0.2) is 18.2 Å². The first kappa shape index (κ1) is 16.4. The highest BCUT2D eigenvalue weighted by molar-refractivity contribution is 6.00. The summed E-state index contributed by atoms with van der Waals surface area (Å²) in [4.78, 5) is 25.8. The Morgan fingerprint density at radius 1 is 1.55 bits per heavy atom. The molecule has 1 aliphatic heterocycles. The van der Waals surface area contributed by atoms with Crippen molar-refractivity contribution in [2.24, 2.45) is 5.92 Å². The molecular formula is C16H21FN2O3. The summed E-state index contributed by atoms with van der Waals surface area (Å²) < 4.78 is 13.3. The lowest BCUT2D eigenvalue weighted by molar-refractivity contribution is -0.127. The number of anilines is 1. The normalized spacial score (nSPS) is 19.4. The number of aliphatic hydroxyl groups is 1. The lowest BCUT2D eigenvalue weighted by atomic mass is 10.1. The number of aryl methyl sites for hydroxylation is 1. The smallest absolute Gasteiger partial charge is 0.227 e. The van der Waals surface area contributed by atoms with Gasteiger partial charge in [0.25, 0.3) is 0 Å². The first-order valence-electron chi connectivity index (χ1n) is 7.44. The molecule has 2 N–H and O–H groups in total. The molecule has 0 aliphatic carbocycles. The van der Waals surface area contributed by atoms with Crippen molar-refractivity contribution in [3.05, 3.63) is 29.6 Å². The summed E-state index contributed by atoms with van der Waals surface area (Å²) in [6.45, 7) is 3.66. The monoisotopic (exact) mass is 308 g/mol. The average molecular weight is 308 g/mol. The Morgan fingerprint density at radius 2 is 2.27 bits per heavy atom.